The van der Waals surface area contributed by atoms with E-state index in [-0.39, 0.29) is 0 Å². The lowest BCUT2D eigenvalue weighted by Gasteiger charge is -2.03. The molecule has 0 aliphatic heterocycles. The van der Waals surface area contributed by atoms with Crippen molar-refractivity contribution in [2.45, 2.75) is 0 Å². The minimum atomic E-state index is 0.691. The molecule has 0 aromatic heterocycles. The predicted octanol–water partition coefficient (Wildman–Crippen LogP) is 3.61. The Balaban J connectivity index is 2.49. The first-order valence-corrected chi connectivity index (χ1v) is 5.60. The van der Waals surface area contributed by atoms with Gasteiger partial charge in [-0.1, -0.05) is 30.3 Å². The number of ether oxygens (including phenoxy) is 1. The lowest BCUT2D eigenvalue weighted by Crippen LogP contribution is -1.87. The zero-order chi connectivity index (χ0) is 9.10. The molecule has 2 aromatic carbocycles. The van der Waals surface area contributed by atoms with Gasteiger partial charge in [-0.25, -0.2) is 0 Å². The Hall–Kier alpha value is -0.770. The van der Waals surface area contributed by atoms with Crippen molar-refractivity contribution < 1.29 is 4.74 Å². The molecule has 0 aliphatic carbocycles. The van der Waals surface area contributed by atoms with Gasteiger partial charge in [-0.3, -0.25) is 0 Å². The minimum absolute atomic E-state index is 0.691. The molecule has 66 valence electrons. The smallest absolute Gasteiger partial charge is 0.139 e. The molecule has 2 aromatic rings. The second kappa shape index (κ2) is 3.96. The molecular formula is C11H9IO. The Morgan fingerprint density at radius 3 is 2.54 bits per heavy atom. The number of rotatable bonds is 2. The summed E-state index contributed by atoms with van der Waals surface area (Å²) in [6, 6.07) is 14.4. The van der Waals surface area contributed by atoms with E-state index < -0.39 is 0 Å². The van der Waals surface area contributed by atoms with E-state index in [4.69, 9.17) is 4.74 Å². The van der Waals surface area contributed by atoms with Crippen LogP contribution < -0.4 is 4.74 Å². The highest BCUT2D eigenvalue weighted by molar-refractivity contribution is 14.1. The topological polar surface area (TPSA) is 9.23 Å². The van der Waals surface area contributed by atoms with Crippen molar-refractivity contribution in [2.75, 3.05) is 4.61 Å². The molecule has 0 spiro atoms. The van der Waals surface area contributed by atoms with E-state index in [2.05, 4.69) is 46.9 Å². The Morgan fingerprint density at radius 1 is 1.00 bits per heavy atom. The molecule has 1 nitrogen and oxygen atoms in total. The van der Waals surface area contributed by atoms with E-state index >= 15 is 0 Å². The molecule has 0 N–H and O–H groups in total. The summed E-state index contributed by atoms with van der Waals surface area (Å²) in [5, 5.41) is 2.48. The molecule has 13 heavy (non-hydrogen) atoms. The number of fused-ring (bicyclic) bond motifs is 1. The Kier molecular flexibility index (Phi) is 2.68. The van der Waals surface area contributed by atoms with Gasteiger partial charge in [-0.15, -0.1) is 0 Å². The highest BCUT2D eigenvalue weighted by atomic mass is 127. The minimum Gasteiger partial charge on any atom is -0.483 e. The Bertz CT molecular complexity index is 412. The van der Waals surface area contributed by atoms with E-state index in [1.807, 2.05) is 18.2 Å². The largest absolute Gasteiger partial charge is 0.483 e. The fourth-order valence-corrected chi connectivity index (χ4v) is 1.68. The summed E-state index contributed by atoms with van der Waals surface area (Å²) in [6.07, 6.45) is 0. The van der Waals surface area contributed by atoms with Crippen molar-refractivity contribution in [1.29, 1.82) is 0 Å². The predicted molar refractivity (Wildman–Crippen MR) is 63.5 cm³/mol. The van der Waals surface area contributed by atoms with Crippen LogP contribution >= 0.6 is 22.6 Å². The fourth-order valence-electron chi connectivity index (χ4n) is 1.32. The molecule has 0 atom stereocenters. The maximum atomic E-state index is 5.40. The van der Waals surface area contributed by atoms with Gasteiger partial charge in [0.2, 0.25) is 0 Å². The summed E-state index contributed by atoms with van der Waals surface area (Å²) in [6.45, 7) is 0. The molecule has 2 heteroatoms. The van der Waals surface area contributed by atoms with Gasteiger partial charge in [-0.05, 0) is 45.5 Å². The molecular weight excluding hydrogens is 275 g/mol. The zero-order valence-electron chi connectivity index (χ0n) is 7.03. The van der Waals surface area contributed by atoms with E-state index in [0.29, 0.717) is 4.61 Å². The molecule has 0 saturated carbocycles. The van der Waals surface area contributed by atoms with Crippen molar-refractivity contribution in [2.24, 2.45) is 0 Å². The molecule has 0 aliphatic rings. The summed E-state index contributed by atoms with van der Waals surface area (Å²) >= 11 is 2.19. The van der Waals surface area contributed by atoms with E-state index in [1.54, 1.807) is 0 Å². The maximum Gasteiger partial charge on any atom is 0.139 e. The lowest BCUT2D eigenvalue weighted by atomic mass is 10.1. The summed E-state index contributed by atoms with van der Waals surface area (Å²) < 4.78 is 6.09. The first-order chi connectivity index (χ1) is 6.40. The van der Waals surface area contributed by atoms with Crippen LogP contribution in [0.3, 0.4) is 0 Å². The van der Waals surface area contributed by atoms with Gasteiger partial charge in [-0.2, -0.15) is 0 Å². The molecule has 2 rings (SSSR count). The van der Waals surface area contributed by atoms with Crippen molar-refractivity contribution in [3.63, 3.8) is 0 Å². The van der Waals surface area contributed by atoms with Crippen molar-refractivity contribution >= 4 is 33.4 Å². The van der Waals surface area contributed by atoms with Crippen molar-refractivity contribution in [3.8, 4) is 5.75 Å². The molecule has 0 radical (unpaired) electrons. The summed E-state index contributed by atoms with van der Waals surface area (Å²) in [5.74, 6) is 0.938. The van der Waals surface area contributed by atoms with Gasteiger partial charge in [0, 0.05) is 0 Å². The molecule has 0 fully saturated rings. The Labute approximate surface area is 90.9 Å². The second-order valence-electron chi connectivity index (χ2n) is 2.76. The Morgan fingerprint density at radius 2 is 1.77 bits per heavy atom. The highest BCUT2D eigenvalue weighted by Gasteiger charge is 1.94. The van der Waals surface area contributed by atoms with E-state index in [9.17, 15) is 0 Å². The van der Waals surface area contributed by atoms with E-state index in [1.165, 1.54) is 10.8 Å². The highest BCUT2D eigenvalue weighted by Crippen LogP contribution is 2.20. The SMILES string of the molecule is ICOc1ccc2ccccc2c1. The van der Waals surface area contributed by atoms with Crippen LogP contribution in [0.25, 0.3) is 10.8 Å². The molecule has 0 unspecified atom stereocenters. The van der Waals surface area contributed by atoms with Crippen LogP contribution in [0, 0.1) is 0 Å². The normalized spacial score (nSPS) is 10.2. The van der Waals surface area contributed by atoms with Crippen molar-refractivity contribution in [1.82, 2.24) is 0 Å². The van der Waals surface area contributed by atoms with Gasteiger partial charge < -0.3 is 4.74 Å². The summed E-state index contributed by atoms with van der Waals surface area (Å²) in [5.41, 5.74) is 0. The lowest BCUT2D eigenvalue weighted by molar-refractivity contribution is 0.405. The monoisotopic (exact) mass is 284 g/mol. The average molecular weight is 284 g/mol. The number of alkyl halides is 1. The molecule has 0 amide bonds. The van der Waals surface area contributed by atoms with Crippen LogP contribution in [0.4, 0.5) is 0 Å². The quantitative estimate of drug-likeness (QED) is 0.604. The van der Waals surface area contributed by atoms with Crippen LogP contribution in [0.5, 0.6) is 5.75 Å². The molecule has 0 saturated heterocycles. The third kappa shape index (κ3) is 1.94. The summed E-state index contributed by atoms with van der Waals surface area (Å²) in [7, 11) is 0. The van der Waals surface area contributed by atoms with Crippen LogP contribution in [0.15, 0.2) is 42.5 Å². The van der Waals surface area contributed by atoms with Gasteiger partial charge in [0.05, 0.1) is 0 Å². The van der Waals surface area contributed by atoms with Crippen LogP contribution in [0.1, 0.15) is 0 Å². The number of halogens is 1. The first-order valence-electron chi connectivity index (χ1n) is 4.08. The average Bonchev–Trinajstić information content (AvgIpc) is 2.18. The third-order valence-electron chi connectivity index (χ3n) is 1.94. The number of hydrogen-bond acceptors (Lipinski definition) is 1. The standard InChI is InChI=1S/C11H9IO/c12-8-13-11-6-5-9-3-1-2-4-10(9)7-11/h1-7H,8H2. The number of hydrogen-bond donors (Lipinski definition) is 0. The van der Waals surface area contributed by atoms with Crippen LogP contribution in [-0.2, 0) is 0 Å². The number of benzene rings is 2. The van der Waals surface area contributed by atoms with Crippen molar-refractivity contribution in [3.05, 3.63) is 42.5 Å². The maximum absolute atomic E-state index is 5.40. The first kappa shape index (κ1) is 8.81. The van der Waals surface area contributed by atoms with Gasteiger partial charge in [0.25, 0.3) is 0 Å². The fraction of sp³-hybridized carbons (Fsp3) is 0.0909. The van der Waals surface area contributed by atoms with Crippen LogP contribution in [0.2, 0.25) is 0 Å². The van der Waals surface area contributed by atoms with Gasteiger partial charge in [0.15, 0.2) is 0 Å². The second-order valence-corrected chi connectivity index (χ2v) is 3.39. The van der Waals surface area contributed by atoms with E-state index in [0.717, 1.165) is 5.75 Å². The van der Waals surface area contributed by atoms with Gasteiger partial charge in [0.1, 0.15) is 10.4 Å². The third-order valence-corrected chi connectivity index (χ3v) is 2.25. The summed E-state index contributed by atoms with van der Waals surface area (Å²) in [4.78, 5) is 0. The molecule has 0 heterocycles. The zero-order valence-corrected chi connectivity index (χ0v) is 9.19. The molecule has 0 bridgehead atoms. The van der Waals surface area contributed by atoms with Gasteiger partial charge >= 0.3 is 0 Å². The van der Waals surface area contributed by atoms with Crippen LogP contribution in [-0.4, -0.2) is 4.61 Å².